The Balaban J connectivity index is 1.61. The molecule has 0 bridgehead atoms. The van der Waals surface area contributed by atoms with E-state index in [2.05, 4.69) is 15.6 Å². The number of aromatic nitrogens is 1. The third-order valence-electron chi connectivity index (χ3n) is 6.29. The number of amides is 2. The summed E-state index contributed by atoms with van der Waals surface area (Å²) in [4.78, 5) is 31.6. The van der Waals surface area contributed by atoms with Gasteiger partial charge in [0, 0.05) is 31.4 Å². The van der Waals surface area contributed by atoms with E-state index in [1.807, 2.05) is 39.8 Å². The second-order valence-electron chi connectivity index (χ2n) is 12.6. The van der Waals surface area contributed by atoms with Gasteiger partial charge in [-0.2, -0.15) is 0 Å². The molecule has 10 heteroatoms. The maximum Gasteiger partial charge on any atom is 0.413 e. The lowest BCUT2D eigenvalue weighted by Gasteiger charge is -2.24. The van der Waals surface area contributed by atoms with Crippen LogP contribution in [0.2, 0.25) is 0 Å². The van der Waals surface area contributed by atoms with E-state index in [0.29, 0.717) is 51.5 Å². The van der Waals surface area contributed by atoms with Gasteiger partial charge in [0.1, 0.15) is 22.8 Å². The second-order valence-corrected chi connectivity index (χ2v) is 12.6. The predicted molar refractivity (Wildman–Crippen MR) is 157 cm³/mol. The van der Waals surface area contributed by atoms with Crippen molar-refractivity contribution in [2.45, 2.75) is 78.6 Å². The number of halogens is 1. The summed E-state index contributed by atoms with van der Waals surface area (Å²) in [5, 5.41) is 6.27. The van der Waals surface area contributed by atoms with Gasteiger partial charge in [0.15, 0.2) is 0 Å². The van der Waals surface area contributed by atoms with Crippen LogP contribution in [0.15, 0.2) is 36.4 Å². The number of aryl methyl sites for hydroxylation is 1. The Bertz CT molecular complexity index is 1180. The van der Waals surface area contributed by atoms with Crippen molar-refractivity contribution in [3.8, 4) is 0 Å². The molecule has 2 amide bonds. The van der Waals surface area contributed by atoms with Crippen LogP contribution in [0.3, 0.4) is 0 Å². The third-order valence-corrected chi connectivity index (χ3v) is 6.29. The normalized spacial score (nSPS) is 17.4. The molecule has 2 aromatic rings. The number of carbonyl (C=O) groups excluding carboxylic acids is 2. The Morgan fingerprint density at radius 3 is 2.44 bits per heavy atom. The monoisotopic (exact) mass is 572 g/mol. The number of nitrogens with zero attached hydrogens (tertiary/aromatic N) is 2. The van der Waals surface area contributed by atoms with Crippen molar-refractivity contribution < 1.29 is 28.2 Å². The number of anilines is 1. The van der Waals surface area contributed by atoms with Gasteiger partial charge in [-0.05, 0) is 103 Å². The molecule has 1 aliphatic rings. The van der Waals surface area contributed by atoms with Gasteiger partial charge < -0.3 is 24.4 Å². The maximum atomic E-state index is 13.4. The molecule has 2 heterocycles. The molecule has 1 aromatic heterocycles. The summed E-state index contributed by atoms with van der Waals surface area (Å²) < 4.78 is 30.2. The molecule has 0 spiro atoms. The molecule has 1 aliphatic heterocycles. The number of pyridine rings is 1. The molecule has 226 valence electrons. The van der Waals surface area contributed by atoms with E-state index in [-0.39, 0.29) is 23.9 Å². The van der Waals surface area contributed by atoms with Crippen molar-refractivity contribution in [2.75, 3.05) is 38.2 Å². The van der Waals surface area contributed by atoms with Crippen molar-refractivity contribution in [1.29, 1.82) is 0 Å². The fraction of sp³-hybridized carbons (Fsp3) is 0.581. The van der Waals surface area contributed by atoms with Crippen molar-refractivity contribution in [3.05, 3.63) is 59.0 Å². The van der Waals surface area contributed by atoms with E-state index in [1.165, 1.54) is 12.1 Å². The van der Waals surface area contributed by atoms with Crippen LogP contribution in [-0.4, -0.2) is 72.2 Å². The fourth-order valence-electron chi connectivity index (χ4n) is 4.67. The van der Waals surface area contributed by atoms with Crippen molar-refractivity contribution in [2.24, 2.45) is 5.92 Å². The number of carbonyl (C=O) groups is 2. The van der Waals surface area contributed by atoms with Gasteiger partial charge in [-0.15, -0.1) is 0 Å². The first-order chi connectivity index (χ1) is 19.2. The van der Waals surface area contributed by atoms with Gasteiger partial charge in [-0.25, -0.2) is 19.0 Å². The van der Waals surface area contributed by atoms with Gasteiger partial charge in [0.05, 0.1) is 13.2 Å². The highest BCUT2D eigenvalue weighted by molar-refractivity contribution is 5.83. The highest BCUT2D eigenvalue weighted by atomic mass is 19.1. The quantitative estimate of drug-likeness (QED) is 0.362. The molecule has 3 rings (SSSR count). The fourth-order valence-corrected chi connectivity index (χ4v) is 4.67. The number of hydrogen-bond donors (Lipinski definition) is 2. The Hall–Kier alpha value is -3.24. The standard InChI is InChI=1S/C31H45FN4O5/c1-21-15-25(34-27(16-21)35-28(37)40-30(2,3)4)18-23-19-36(29(38)41-31(5,6)7)20-26(23)33-12-14-39-13-11-22-9-8-10-24(32)17-22/h8-10,15-17,23,26,33H,11-14,18-20H2,1-7H3,(H,34,35,37). The van der Waals surface area contributed by atoms with Gasteiger partial charge in [-0.3, -0.25) is 5.32 Å². The molecule has 0 aliphatic carbocycles. The summed E-state index contributed by atoms with van der Waals surface area (Å²) in [6.45, 7) is 15.5. The van der Waals surface area contributed by atoms with Crippen LogP contribution >= 0.6 is 0 Å². The molecule has 1 saturated heterocycles. The maximum absolute atomic E-state index is 13.4. The third kappa shape index (κ3) is 11.6. The van der Waals surface area contributed by atoms with Crippen LogP contribution in [-0.2, 0) is 27.1 Å². The summed E-state index contributed by atoms with van der Waals surface area (Å²) in [6.07, 6.45) is 0.329. The number of nitrogens with one attached hydrogen (secondary N) is 2. The zero-order valence-corrected chi connectivity index (χ0v) is 25.4. The van der Waals surface area contributed by atoms with Crippen molar-refractivity contribution >= 4 is 18.0 Å². The molecule has 0 saturated carbocycles. The molecule has 2 atom stereocenters. The van der Waals surface area contributed by atoms with E-state index in [0.717, 1.165) is 16.8 Å². The Morgan fingerprint density at radius 1 is 1.02 bits per heavy atom. The number of ether oxygens (including phenoxy) is 3. The molecule has 1 fully saturated rings. The molecule has 1 aromatic carbocycles. The number of likely N-dealkylation sites (tertiary alicyclic amines) is 1. The molecule has 2 unspecified atom stereocenters. The minimum atomic E-state index is -0.617. The largest absolute Gasteiger partial charge is 0.444 e. The van der Waals surface area contributed by atoms with Gasteiger partial charge >= 0.3 is 12.2 Å². The van der Waals surface area contributed by atoms with Gasteiger partial charge in [-0.1, -0.05) is 12.1 Å². The predicted octanol–water partition coefficient (Wildman–Crippen LogP) is 5.50. The lowest BCUT2D eigenvalue weighted by Crippen LogP contribution is -2.40. The summed E-state index contributed by atoms with van der Waals surface area (Å²) in [5.41, 5.74) is 1.46. The van der Waals surface area contributed by atoms with Crippen LogP contribution in [0, 0.1) is 18.7 Å². The first-order valence-electron chi connectivity index (χ1n) is 14.2. The lowest BCUT2D eigenvalue weighted by molar-refractivity contribution is 0.0285. The van der Waals surface area contributed by atoms with E-state index in [4.69, 9.17) is 14.2 Å². The zero-order valence-electron chi connectivity index (χ0n) is 25.4. The first-order valence-corrected chi connectivity index (χ1v) is 14.2. The smallest absolute Gasteiger partial charge is 0.413 e. The Morgan fingerprint density at radius 2 is 1.76 bits per heavy atom. The molecule has 41 heavy (non-hydrogen) atoms. The van der Waals surface area contributed by atoms with E-state index >= 15 is 0 Å². The molecular weight excluding hydrogens is 527 g/mol. The van der Waals surface area contributed by atoms with E-state index in [9.17, 15) is 14.0 Å². The van der Waals surface area contributed by atoms with Crippen molar-refractivity contribution in [3.63, 3.8) is 0 Å². The van der Waals surface area contributed by atoms with Crippen LogP contribution in [0.25, 0.3) is 0 Å². The lowest BCUT2D eigenvalue weighted by atomic mass is 9.97. The number of hydrogen-bond acceptors (Lipinski definition) is 7. The summed E-state index contributed by atoms with van der Waals surface area (Å²) in [6, 6.07) is 10.3. The summed E-state index contributed by atoms with van der Waals surface area (Å²) in [5.74, 6) is 0.243. The molecular formula is C31H45FN4O5. The highest BCUT2D eigenvalue weighted by Crippen LogP contribution is 2.24. The SMILES string of the molecule is Cc1cc(CC2CN(C(=O)OC(C)(C)C)CC2NCCOCCc2cccc(F)c2)nc(NC(=O)OC(C)(C)C)c1. The molecule has 9 nitrogen and oxygen atoms in total. The Labute approximate surface area is 243 Å². The Kier molecular flexibility index (Phi) is 11.1. The first kappa shape index (κ1) is 32.3. The van der Waals surface area contributed by atoms with Crippen LogP contribution in [0.4, 0.5) is 19.8 Å². The van der Waals surface area contributed by atoms with Crippen LogP contribution in [0.5, 0.6) is 0 Å². The molecule has 0 radical (unpaired) electrons. The number of rotatable bonds is 10. The number of benzene rings is 1. The molecule has 2 N–H and O–H groups in total. The summed E-state index contributed by atoms with van der Waals surface area (Å²) >= 11 is 0. The topological polar surface area (TPSA) is 102 Å². The minimum Gasteiger partial charge on any atom is -0.444 e. The van der Waals surface area contributed by atoms with E-state index in [1.54, 1.807) is 37.8 Å². The zero-order chi connectivity index (χ0) is 30.2. The highest BCUT2D eigenvalue weighted by Gasteiger charge is 2.37. The van der Waals surface area contributed by atoms with Crippen molar-refractivity contribution in [1.82, 2.24) is 15.2 Å². The van der Waals surface area contributed by atoms with E-state index < -0.39 is 17.3 Å². The summed E-state index contributed by atoms with van der Waals surface area (Å²) in [7, 11) is 0. The van der Waals surface area contributed by atoms with Gasteiger partial charge in [0.25, 0.3) is 0 Å². The van der Waals surface area contributed by atoms with Crippen LogP contribution < -0.4 is 10.6 Å². The van der Waals surface area contributed by atoms with Gasteiger partial charge in [0.2, 0.25) is 0 Å². The average molecular weight is 573 g/mol. The minimum absolute atomic E-state index is 0.00100. The van der Waals surface area contributed by atoms with Crippen LogP contribution in [0.1, 0.15) is 58.4 Å². The second kappa shape index (κ2) is 14.1. The average Bonchev–Trinajstić information content (AvgIpc) is 3.21.